The Kier molecular flexibility index (Phi) is 5.94. The van der Waals surface area contributed by atoms with Crippen molar-refractivity contribution in [2.45, 2.75) is 19.9 Å². The minimum Gasteiger partial charge on any atom is -0.396 e. The highest BCUT2D eigenvalue weighted by Gasteiger charge is 2.19. The number of carbonyl (C=O) groups is 1. The number of aryl methyl sites for hydroxylation is 1. The van der Waals surface area contributed by atoms with Crippen LogP contribution in [0.15, 0.2) is 53.3 Å². The van der Waals surface area contributed by atoms with Crippen LogP contribution in [0.4, 0.5) is 0 Å². The van der Waals surface area contributed by atoms with Crippen molar-refractivity contribution < 1.29 is 9.90 Å². The fourth-order valence-corrected chi connectivity index (χ4v) is 3.23. The Morgan fingerprint density at radius 2 is 1.96 bits per heavy atom. The number of benzene rings is 2. The number of nitrogens with zero attached hydrogens (tertiary/aromatic N) is 1. The van der Waals surface area contributed by atoms with Crippen LogP contribution in [0, 0.1) is 6.92 Å². The van der Waals surface area contributed by atoms with E-state index in [0.717, 1.165) is 16.5 Å². The number of rotatable bonds is 6. The Hall–Kier alpha value is -2.63. The van der Waals surface area contributed by atoms with Gasteiger partial charge in [0.05, 0.1) is 17.1 Å². The van der Waals surface area contributed by atoms with Crippen LogP contribution >= 0.6 is 11.6 Å². The zero-order chi connectivity index (χ0) is 19.4. The van der Waals surface area contributed by atoms with Gasteiger partial charge in [-0.2, -0.15) is 0 Å². The second-order valence-electron chi connectivity index (χ2n) is 6.50. The topological polar surface area (TPSA) is 73.4 Å². The molecular weight excluding hydrogens is 364 g/mol. The molecule has 0 saturated carbocycles. The van der Waals surface area contributed by atoms with Crippen LogP contribution in [0.2, 0.25) is 5.02 Å². The molecule has 3 rings (SSSR count). The van der Waals surface area contributed by atoms with E-state index in [1.165, 1.54) is 0 Å². The molecule has 1 amide bonds. The highest BCUT2D eigenvalue weighted by Crippen LogP contribution is 2.19. The molecule has 2 aromatic carbocycles. The van der Waals surface area contributed by atoms with E-state index in [-0.39, 0.29) is 24.6 Å². The van der Waals surface area contributed by atoms with Gasteiger partial charge in [0.1, 0.15) is 0 Å². The number of amides is 1. The van der Waals surface area contributed by atoms with Gasteiger partial charge in [0, 0.05) is 24.2 Å². The number of carbonyl (C=O) groups excluding carboxylic acids is 1. The summed E-state index contributed by atoms with van der Waals surface area (Å²) in [6.07, 6.45) is 0.417. The summed E-state index contributed by atoms with van der Waals surface area (Å²) in [5, 5.41) is 10.5. The number of pyridine rings is 1. The number of aromatic nitrogens is 1. The second kappa shape index (κ2) is 8.37. The quantitative estimate of drug-likeness (QED) is 0.683. The molecule has 0 aliphatic rings. The standard InChI is InChI=1S/C21H21ClN2O3/c1-14-7-8-19-15(11-14)12-16(20(26)23-19)13-24(9-4-10-25)21(27)17-5-2-3-6-18(17)22/h2-3,5-8,11-12,25H,4,9-10,13H2,1H3,(H,23,26). The molecule has 2 N–H and O–H groups in total. The van der Waals surface area contributed by atoms with Gasteiger partial charge in [-0.1, -0.05) is 35.4 Å². The van der Waals surface area contributed by atoms with Crippen molar-refractivity contribution in [3.05, 3.63) is 80.6 Å². The van der Waals surface area contributed by atoms with Crippen molar-refractivity contribution in [1.82, 2.24) is 9.88 Å². The molecule has 140 valence electrons. The van der Waals surface area contributed by atoms with Crippen molar-refractivity contribution in [2.24, 2.45) is 0 Å². The number of hydrogen-bond donors (Lipinski definition) is 2. The number of hydrogen-bond acceptors (Lipinski definition) is 3. The monoisotopic (exact) mass is 384 g/mol. The van der Waals surface area contributed by atoms with Gasteiger partial charge in [-0.3, -0.25) is 9.59 Å². The van der Waals surface area contributed by atoms with Gasteiger partial charge in [0.15, 0.2) is 0 Å². The molecule has 0 unspecified atom stereocenters. The lowest BCUT2D eigenvalue weighted by Crippen LogP contribution is -2.34. The normalized spacial score (nSPS) is 10.9. The number of aliphatic hydroxyl groups excluding tert-OH is 1. The summed E-state index contributed by atoms with van der Waals surface area (Å²) >= 11 is 6.16. The SMILES string of the molecule is Cc1ccc2[nH]c(=O)c(CN(CCCO)C(=O)c3ccccc3Cl)cc2c1. The summed E-state index contributed by atoms with van der Waals surface area (Å²) in [4.78, 5) is 29.9. The molecule has 0 fully saturated rings. The summed E-state index contributed by atoms with van der Waals surface area (Å²) in [6, 6.07) is 14.4. The van der Waals surface area contributed by atoms with E-state index in [9.17, 15) is 14.7 Å². The van der Waals surface area contributed by atoms with E-state index < -0.39 is 0 Å². The second-order valence-corrected chi connectivity index (χ2v) is 6.91. The molecule has 0 aliphatic heterocycles. The predicted molar refractivity (Wildman–Crippen MR) is 107 cm³/mol. The average Bonchev–Trinajstić information content (AvgIpc) is 2.65. The minimum atomic E-state index is -0.266. The molecule has 27 heavy (non-hydrogen) atoms. The smallest absolute Gasteiger partial charge is 0.255 e. The maximum atomic E-state index is 13.0. The minimum absolute atomic E-state index is 0.0421. The van der Waals surface area contributed by atoms with Gasteiger partial charge in [-0.15, -0.1) is 0 Å². The first-order valence-corrected chi connectivity index (χ1v) is 9.14. The van der Waals surface area contributed by atoms with Gasteiger partial charge in [0.2, 0.25) is 0 Å². The van der Waals surface area contributed by atoms with Crippen LogP contribution in [-0.2, 0) is 6.54 Å². The van der Waals surface area contributed by atoms with Gasteiger partial charge in [-0.05, 0) is 49.1 Å². The van der Waals surface area contributed by atoms with Crippen molar-refractivity contribution in [3.63, 3.8) is 0 Å². The molecule has 0 saturated heterocycles. The first-order chi connectivity index (χ1) is 13.0. The first-order valence-electron chi connectivity index (χ1n) is 8.77. The average molecular weight is 385 g/mol. The predicted octanol–water partition coefficient (Wildman–Crippen LogP) is 3.51. The molecule has 0 bridgehead atoms. The highest BCUT2D eigenvalue weighted by molar-refractivity contribution is 6.33. The van der Waals surface area contributed by atoms with Gasteiger partial charge in [0.25, 0.3) is 11.5 Å². The maximum Gasteiger partial charge on any atom is 0.255 e. The first kappa shape index (κ1) is 19.1. The number of nitrogens with one attached hydrogen (secondary N) is 1. The molecule has 1 aromatic heterocycles. The Balaban J connectivity index is 1.96. The third-order valence-electron chi connectivity index (χ3n) is 4.42. The van der Waals surface area contributed by atoms with Crippen molar-refractivity contribution in [1.29, 1.82) is 0 Å². The zero-order valence-electron chi connectivity index (χ0n) is 15.0. The fraction of sp³-hybridized carbons (Fsp3) is 0.238. The maximum absolute atomic E-state index is 13.0. The number of fused-ring (bicyclic) bond motifs is 1. The van der Waals surface area contributed by atoms with Crippen LogP contribution in [0.1, 0.15) is 27.9 Å². The molecule has 0 radical (unpaired) electrons. The van der Waals surface area contributed by atoms with Crippen LogP contribution in [-0.4, -0.2) is 34.0 Å². The summed E-state index contributed by atoms with van der Waals surface area (Å²) in [5.74, 6) is -0.266. The van der Waals surface area contributed by atoms with Gasteiger partial charge < -0.3 is 15.0 Å². The largest absolute Gasteiger partial charge is 0.396 e. The van der Waals surface area contributed by atoms with Gasteiger partial charge >= 0.3 is 0 Å². The van der Waals surface area contributed by atoms with E-state index in [1.54, 1.807) is 29.2 Å². The number of H-pyrrole nitrogens is 1. The van der Waals surface area contributed by atoms with E-state index in [0.29, 0.717) is 29.1 Å². The number of halogens is 1. The van der Waals surface area contributed by atoms with Crippen LogP contribution in [0.5, 0.6) is 0 Å². The van der Waals surface area contributed by atoms with E-state index in [1.807, 2.05) is 31.2 Å². The third kappa shape index (κ3) is 4.38. The molecule has 1 heterocycles. The molecule has 0 aliphatic carbocycles. The third-order valence-corrected chi connectivity index (χ3v) is 4.75. The number of aromatic amines is 1. The van der Waals surface area contributed by atoms with Gasteiger partial charge in [-0.25, -0.2) is 0 Å². The van der Waals surface area contributed by atoms with E-state index in [2.05, 4.69) is 4.98 Å². The van der Waals surface area contributed by atoms with E-state index in [4.69, 9.17) is 11.6 Å². The van der Waals surface area contributed by atoms with Crippen molar-refractivity contribution in [3.8, 4) is 0 Å². The highest BCUT2D eigenvalue weighted by atomic mass is 35.5. The van der Waals surface area contributed by atoms with Crippen LogP contribution in [0.25, 0.3) is 10.9 Å². The molecule has 0 atom stereocenters. The number of aliphatic hydroxyl groups is 1. The summed E-state index contributed by atoms with van der Waals surface area (Å²) in [5.41, 5.74) is 2.49. The fourth-order valence-electron chi connectivity index (χ4n) is 3.01. The Morgan fingerprint density at radius 1 is 1.19 bits per heavy atom. The molecule has 3 aromatic rings. The van der Waals surface area contributed by atoms with E-state index >= 15 is 0 Å². The van der Waals surface area contributed by atoms with Crippen molar-refractivity contribution in [2.75, 3.05) is 13.2 Å². The summed E-state index contributed by atoms with van der Waals surface area (Å²) < 4.78 is 0. The Bertz CT molecular complexity index is 1030. The van der Waals surface area contributed by atoms with Crippen molar-refractivity contribution >= 4 is 28.4 Å². The Morgan fingerprint density at radius 3 is 2.70 bits per heavy atom. The lowest BCUT2D eigenvalue weighted by Gasteiger charge is -2.23. The van der Waals surface area contributed by atoms with Crippen LogP contribution < -0.4 is 5.56 Å². The van der Waals surface area contributed by atoms with Crippen LogP contribution in [0.3, 0.4) is 0 Å². The molecule has 0 spiro atoms. The molecular formula is C21H21ClN2O3. The molecule has 6 heteroatoms. The molecule has 5 nitrogen and oxygen atoms in total. The lowest BCUT2D eigenvalue weighted by atomic mass is 10.1. The summed E-state index contributed by atoms with van der Waals surface area (Å²) in [7, 11) is 0. The Labute approximate surface area is 162 Å². The zero-order valence-corrected chi connectivity index (χ0v) is 15.8. The lowest BCUT2D eigenvalue weighted by molar-refractivity contribution is 0.0731. The summed E-state index contributed by atoms with van der Waals surface area (Å²) in [6.45, 7) is 2.41.